The number of allylic oxidation sites excluding steroid dienone is 1. The number of carbonyl (C=O) groups excluding carboxylic acids is 1. The molecule has 0 unspecified atom stereocenters. The van der Waals surface area contributed by atoms with Crippen molar-refractivity contribution in [1.29, 1.82) is 0 Å². The zero-order valence-electron chi connectivity index (χ0n) is 19.6. The van der Waals surface area contributed by atoms with E-state index in [0.717, 1.165) is 34.0 Å². The summed E-state index contributed by atoms with van der Waals surface area (Å²) in [6.07, 6.45) is 8.14. The van der Waals surface area contributed by atoms with Crippen LogP contribution in [0.1, 0.15) is 16.1 Å². The van der Waals surface area contributed by atoms with Crippen LogP contribution in [-0.4, -0.2) is 29.7 Å². The summed E-state index contributed by atoms with van der Waals surface area (Å²) in [5, 5.41) is 1.00. The van der Waals surface area contributed by atoms with Gasteiger partial charge in [0, 0.05) is 35.3 Å². The molecule has 0 saturated carbocycles. The van der Waals surface area contributed by atoms with Crippen LogP contribution in [0.3, 0.4) is 0 Å². The molecule has 6 nitrogen and oxygen atoms in total. The van der Waals surface area contributed by atoms with Crippen LogP contribution in [0.25, 0.3) is 10.6 Å². The van der Waals surface area contributed by atoms with Crippen LogP contribution in [0.4, 0.5) is 0 Å². The first-order valence-electron chi connectivity index (χ1n) is 11.2. The highest BCUT2D eigenvalue weighted by molar-refractivity contribution is 7.15. The maximum atomic E-state index is 12.0. The van der Waals surface area contributed by atoms with Gasteiger partial charge in [-0.1, -0.05) is 18.2 Å². The van der Waals surface area contributed by atoms with Crippen molar-refractivity contribution >= 4 is 17.3 Å². The molecular formula is C28H26N2O4S. The summed E-state index contributed by atoms with van der Waals surface area (Å²) >= 11 is 1.69. The number of nitrogens with zero attached hydrogens (tertiary/aromatic N) is 2. The van der Waals surface area contributed by atoms with E-state index in [1.165, 1.54) is 11.0 Å². The van der Waals surface area contributed by atoms with Gasteiger partial charge in [0.1, 0.15) is 22.3 Å². The number of benzene rings is 2. The number of aryl methyl sites for hydroxylation is 1. The van der Waals surface area contributed by atoms with Crippen LogP contribution in [-0.2, 0) is 17.6 Å². The molecule has 0 atom stereocenters. The van der Waals surface area contributed by atoms with E-state index in [9.17, 15) is 4.79 Å². The number of carbonyl (C=O) groups is 1. The van der Waals surface area contributed by atoms with Crippen molar-refractivity contribution in [2.24, 2.45) is 0 Å². The van der Waals surface area contributed by atoms with Crippen LogP contribution in [0.2, 0.25) is 0 Å². The summed E-state index contributed by atoms with van der Waals surface area (Å²) in [5.41, 5.74) is 3.21. The molecule has 7 heteroatoms. The first-order chi connectivity index (χ1) is 17.1. The minimum Gasteiger partial charge on any atom is -0.497 e. The van der Waals surface area contributed by atoms with E-state index < -0.39 is 5.97 Å². The maximum absolute atomic E-state index is 12.0. The quantitative estimate of drug-likeness (QED) is 0.159. The lowest BCUT2D eigenvalue weighted by molar-refractivity contribution is -0.129. The van der Waals surface area contributed by atoms with E-state index in [0.29, 0.717) is 24.5 Å². The average molecular weight is 487 g/mol. The van der Waals surface area contributed by atoms with E-state index in [1.54, 1.807) is 61.2 Å². The van der Waals surface area contributed by atoms with Gasteiger partial charge in [0.15, 0.2) is 0 Å². The molecule has 4 rings (SSSR count). The first-order valence-corrected chi connectivity index (χ1v) is 12.0. The highest BCUT2D eigenvalue weighted by Gasteiger charge is 2.09. The first kappa shape index (κ1) is 24.2. The van der Waals surface area contributed by atoms with Gasteiger partial charge in [0.2, 0.25) is 0 Å². The molecule has 0 aliphatic rings. The number of aromatic nitrogens is 2. The second-order valence-electron chi connectivity index (χ2n) is 7.70. The predicted octanol–water partition coefficient (Wildman–Crippen LogP) is 5.85. The second-order valence-corrected chi connectivity index (χ2v) is 8.91. The molecule has 178 valence electrons. The van der Waals surface area contributed by atoms with Crippen molar-refractivity contribution in [3.05, 3.63) is 101 Å². The lowest BCUT2D eigenvalue weighted by Gasteiger charge is -2.06. The molecule has 2 heterocycles. The normalized spacial score (nSPS) is 10.9. The lowest BCUT2D eigenvalue weighted by Crippen LogP contribution is -2.04. The fraction of sp³-hybridized carbons (Fsp3) is 0.179. The largest absolute Gasteiger partial charge is 0.497 e. The summed E-state index contributed by atoms with van der Waals surface area (Å²) in [4.78, 5) is 22.0. The maximum Gasteiger partial charge on any atom is 0.335 e. The third-order valence-electron chi connectivity index (χ3n) is 5.24. The number of rotatable bonds is 10. The van der Waals surface area contributed by atoms with Crippen LogP contribution in [0.15, 0.2) is 85.2 Å². The van der Waals surface area contributed by atoms with Crippen LogP contribution in [0, 0.1) is 6.92 Å². The molecule has 4 aromatic rings. The Kier molecular flexibility index (Phi) is 8.25. The summed E-state index contributed by atoms with van der Waals surface area (Å²) in [6, 6.07) is 18.7. The highest BCUT2D eigenvalue weighted by Crippen LogP contribution is 2.27. The average Bonchev–Trinajstić information content (AvgIpc) is 3.26. The zero-order chi connectivity index (χ0) is 24.5. The van der Waals surface area contributed by atoms with Crippen molar-refractivity contribution in [3.63, 3.8) is 0 Å². The van der Waals surface area contributed by atoms with Gasteiger partial charge in [-0.3, -0.25) is 4.98 Å². The van der Waals surface area contributed by atoms with Crippen molar-refractivity contribution in [1.82, 2.24) is 9.97 Å². The van der Waals surface area contributed by atoms with Crippen molar-refractivity contribution < 1.29 is 19.0 Å². The number of pyridine rings is 1. The summed E-state index contributed by atoms with van der Waals surface area (Å²) < 4.78 is 16.3. The van der Waals surface area contributed by atoms with Gasteiger partial charge in [-0.05, 0) is 67.4 Å². The third kappa shape index (κ3) is 7.01. The van der Waals surface area contributed by atoms with Crippen molar-refractivity contribution in [2.75, 3.05) is 13.7 Å². The number of methoxy groups -OCH3 is 1. The number of thiazole rings is 1. The summed E-state index contributed by atoms with van der Waals surface area (Å²) in [7, 11) is 1.59. The van der Waals surface area contributed by atoms with Gasteiger partial charge in [-0.25, -0.2) is 9.78 Å². The molecule has 2 aromatic carbocycles. The molecule has 0 radical (unpaired) electrons. The minimum atomic E-state index is -0.417. The Labute approximate surface area is 208 Å². The molecular weight excluding hydrogens is 460 g/mol. The summed E-state index contributed by atoms with van der Waals surface area (Å²) in [6.45, 7) is 2.64. The summed E-state index contributed by atoms with van der Waals surface area (Å²) in [5.74, 6) is 1.57. The monoisotopic (exact) mass is 486 g/mol. The van der Waals surface area contributed by atoms with Gasteiger partial charge < -0.3 is 14.2 Å². The van der Waals surface area contributed by atoms with Crippen LogP contribution in [0.5, 0.6) is 17.2 Å². The second kappa shape index (κ2) is 11.9. The smallest absolute Gasteiger partial charge is 0.335 e. The Hall–Kier alpha value is -3.97. The highest BCUT2D eigenvalue weighted by atomic mass is 32.1. The molecule has 0 aliphatic carbocycles. The minimum absolute atomic E-state index is 0.417. The topological polar surface area (TPSA) is 70.5 Å². The van der Waals surface area contributed by atoms with E-state index >= 15 is 0 Å². The van der Waals surface area contributed by atoms with E-state index in [2.05, 4.69) is 11.9 Å². The SMILES string of the molecule is COc1ccc(OC(=O)/C=C\Cc2ccc(OCCc3nc(-c4ccncc4)sc3C)cc2)cc1. The molecule has 0 saturated heterocycles. The van der Waals surface area contributed by atoms with Gasteiger partial charge in [-0.15, -0.1) is 11.3 Å². The van der Waals surface area contributed by atoms with Crippen LogP contribution >= 0.6 is 11.3 Å². The molecule has 0 N–H and O–H groups in total. The lowest BCUT2D eigenvalue weighted by atomic mass is 10.1. The molecule has 0 fully saturated rings. The molecule has 0 amide bonds. The van der Waals surface area contributed by atoms with Gasteiger partial charge in [-0.2, -0.15) is 0 Å². The number of esters is 1. The van der Waals surface area contributed by atoms with Gasteiger partial charge in [0.25, 0.3) is 0 Å². The van der Waals surface area contributed by atoms with Gasteiger partial charge >= 0.3 is 5.97 Å². The molecule has 0 spiro atoms. The van der Waals surface area contributed by atoms with Gasteiger partial charge in [0.05, 0.1) is 19.4 Å². The van der Waals surface area contributed by atoms with E-state index in [-0.39, 0.29) is 0 Å². The Balaban J connectivity index is 1.22. The number of hydrogen-bond donors (Lipinski definition) is 0. The van der Waals surface area contributed by atoms with E-state index in [4.69, 9.17) is 19.2 Å². The van der Waals surface area contributed by atoms with Crippen molar-refractivity contribution in [3.8, 4) is 27.8 Å². The molecule has 35 heavy (non-hydrogen) atoms. The fourth-order valence-corrected chi connectivity index (χ4v) is 4.32. The Morgan fingerprint density at radius 1 is 0.943 bits per heavy atom. The molecule has 0 aliphatic heterocycles. The fourth-order valence-electron chi connectivity index (χ4n) is 3.35. The standard InChI is InChI=1S/C28H26N2O4S/c1-20-26(30-28(35-20)22-14-17-29-18-15-22)16-19-33-24-8-6-21(7-9-24)4-3-5-27(31)34-25-12-10-23(32-2)11-13-25/h3,5-15,17-18H,4,16,19H2,1-2H3/b5-3-. The Morgan fingerprint density at radius 3 is 2.34 bits per heavy atom. The van der Waals surface area contributed by atoms with Crippen LogP contribution < -0.4 is 14.2 Å². The van der Waals surface area contributed by atoms with Crippen molar-refractivity contribution in [2.45, 2.75) is 19.8 Å². The third-order valence-corrected chi connectivity index (χ3v) is 6.30. The Morgan fingerprint density at radius 2 is 1.63 bits per heavy atom. The number of ether oxygens (including phenoxy) is 3. The van der Waals surface area contributed by atoms with E-state index in [1.807, 2.05) is 36.4 Å². The molecule has 0 bridgehead atoms. The molecule has 2 aromatic heterocycles. The number of hydrogen-bond acceptors (Lipinski definition) is 7. The Bertz CT molecular complexity index is 1270. The zero-order valence-corrected chi connectivity index (χ0v) is 20.5. The predicted molar refractivity (Wildman–Crippen MR) is 137 cm³/mol.